The average Bonchev–Trinajstić information content (AvgIpc) is 2.48. The molecular formula is C18H20O. The zero-order valence-corrected chi connectivity index (χ0v) is 11.5. The minimum Gasteiger partial charge on any atom is -0.504 e. The summed E-state index contributed by atoms with van der Waals surface area (Å²) in [5.41, 5.74) is 3.83. The van der Waals surface area contributed by atoms with Gasteiger partial charge in [0, 0.05) is 0 Å². The fourth-order valence-corrected chi connectivity index (χ4v) is 2.26. The van der Waals surface area contributed by atoms with Crippen molar-refractivity contribution in [1.82, 2.24) is 0 Å². The second-order valence-electron chi connectivity index (χ2n) is 4.76. The van der Waals surface area contributed by atoms with Crippen LogP contribution in [0.15, 0.2) is 66.9 Å². The van der Waals surface area contributed by atoms with E-state index in [9.17, 15) is 0 Å². The van der Waals surface area contributed by atoms with E-state index in [0.29, 0.717) is 5.92 Å². The van der Waals surface area contributed by atoms with Crippen molar-refractivity contribution in [3.05, 3.63) is 78.1 Å². The molecule has 0 saturated carbocycles. The van der Waals surface area contributed by atoms with Gasteiger partial charge in [-0.15, -0.1) is 0 Å². The van der Waals surface area contributed by atoms with E-state index in [-0.39, 0.29) is 0 Å². The molecule has 0 aliphatic carbocycles. The quantitative estimate of drug-likeness (QED) is 0.690. The number of methoxy groups -OCH3 is 1. The molecule has 98 valence electrons. The van der Waals surface area contributed by atoms with Crippen LogP contribution >= 0.6 is 0 Å². The van der Waals surface area contributed by atoms with Crippen LogP contribution < -0.4 is 0 Å². The summed E-state index contributed by atoms with van der Waals surface area (Å²) < 4.78 is 5.23. The van der Waals surface area contributed by atoms with Gasteiger partial charge in [-0.3, -0.25) is 0 Å². The maximum absolute atomic E-state index is 5.23. The van der Waals surface area contributed by atoms with Gasteiger partial charge in [0.1, 0.15) is 0 Å². The molecule has 0 radical (unpaired) electrons. The molecule has 0 bridgehead atoms. The molecule has 0 aliphatic rings. The van der Waals surface area contributed by atoms with E-state index in [1.165, 1.54) is 16.7 Å². The van der Waals surface area contributed by atoms with Gasteiger partial charge in [0.05, 0.1) is 13.4 Å². The fourth-order valence-electron chi connectivity index (χ4n) is 2.26. The van der Waals surface area contributed by atoms with Crippen molar-refractivity contribution in [2.24, 2.45) is 0 Å². The molecule has 0 amide bonds. The van der Waals surface area contributed by atoms with E-state index in [2.05, 4.69) is 61.5 Å². The predicted molar refractivity (Wildman–Crippen MR) is 80.9 cm³/mol. The van der Waals surface area contributed by atoms with Crippen LogP contribution in [0.1, 0.15) is 30.4 Å². The molecular weight excluding hydrogens is 232 g/mol. The number of ether oxygens (including phenoxy) is 1. The lowest BCUT2D eigenvalue weighted by Crippen LogP contribution is -1.96. The molecule has 0 fully saturated rings. The largest absolute Gasteiger partial charge is 0.504 e. The third kappa shape index (κ3) is 3.72. The molecule has 2 aromatic rings. The van der Waals surface area contributed by atoms with Crippen LogP contribution in [0.5, 0.6) is 0 Å². The molecule has 2 rings (SSSR count). The summed E-state index contributed by atoms with van der Waals surface area (Å²) in [6.07, 6.45) is 2.83. The van der Waals surface area contributed by atoms with Crippen molar-refractivity contribution in [2.45, 2.75) is 19.3 Å². The number of hydrogen-bond acceptors (Lipinski definition) is 1. The zero-order valence-electron chi connectivity index (χ0n) is 11.5. The highest BCUT2D eigenvalue weighted by Gasteiger charge is 2.10. The topological polar surface area (TPSA) is 9.23 Å². The summed E-state index contributed by atoms with van der Waals surface area (Å²) in [7, 11) is 1.70. The second-order valence-corrected chi connectivity index (χ2v) is 4.76. The molecule has 1 unspecified atom stereocenters. The molecule has 0 saturated heterocycles. The van der Waals surface area contributed by atoms with Gasteiger partial charge in [-0.2, -0.15) is 0 Å². The van der Waals surface area contributed by atoms with E-state index in [0.717, 1.165) is 6.42 Å². The lowest BCUT2D eigenvalue weighted by atomic mass is 9.91. The van der Waals surface area contributed by atoms with Crippen LogP contribution in [-0.2, 0) is 4.74 Å². The smallest absolute Gasteiger partial charge is 0.0862 e. The highest BCUT2D eigenvalue weighted by molar-refractivity contribution is 5.65. The van der Waals surface area contributed by atoms with Crippen LogP contribution in [-0.4, -0.2) is 7.11 Å². The van der Waals surface area contributed by atoms with Gasteiger partial charge in [-0.05, 0) is 29.0 Å². The van der Waals surface area contributed by atoms with E-state index < -0.39 is 0 Å². The highest BCUT2D eigenvalue weighted by atomic mass is 16.5. The summed E-state index contributed by atoms with van der Waals surface area (Å²) in [6.45, 7) is 2.25. The van der Waals surface area contributed by atoms with Crippen LogP contribution in [0.4, 0.5) is 0 Å². The van der Waals surface area contributed by atoms with Crippen molar-refractivity contribution >= 4 is 5.57 Å². The summed E-state index contributed by atoms with van der Waals surface area (Å²) in [6, 6.07) is 21.0. The monoisotopic (exact) mass is 252 g/mol. The molecule has 19 heavy (non-hydrogen) atoms. The van der Waals surface area contributed by atoms with Crippen molar-refractivity contribution in [1.29, 1.82) is 0 Å². The Hall–Kier alpha value is -2.02. The van der Waals surface area contributed by atoms with Crippen LogP contribution in [0, 0.1) is 0 Å². The molecule has 1 nitrogen and oxygen atoms in total. The minimum atomic E-state index is 0.475. The minimum absolute atomic E-state index is 0.475. The lowest BCUT2D eigenvalue weighted by molar-refractivity contribution is 0.338. The van der Waals surface area contributed by atoms with Crippen LogP contribution in [0.3, 0.4) is 0 Å². The van der Waals surface area contributed by atoms with E-state index in [4.69, 9.17) is 4.74 Å². The van der Waals surface area contributed by atoms with E-state index in [1.807, 2.05) is 12.3 Å². The first kappa shape index (κ1) is 13.4. The number of rotatable bonds is 5. The third-order valence-corrected chi connectivity index (χ3v) is 3.30. The van der Waals surface area contributed by atoms with Crippen molar-refractivity contribution < 1.29 is 4.74 Å². The van der Waals surface area contributed by atoms with Gasteiger partial charge < -0.3 is 4.74 Å². The van der Waals surface area contributed by atoms with E-state index in [1.54, 1.807) is 7.11 Å². The van der Waals surface area contributed by atoms with Crippen LogP contribution in [0.2, 0.25) is 0 Å². The average molecular weight is 252 g/mol. The molecule has 0 spiro atoms. The normalized spacial score (nSPS) is 13.1. The first-order valence-electron chi connectivity index (χ1n) is 6.63. The van der Waals surface area contributed by atoms with Crippen LogP contribution in [0.25, 0.3) is 5.57 Å². The SMILES string of the molecule is CO/C=C(\CC(C)c1ccccc1)c1ccccc1. The first-order chi connectivity index (χ1) is 9.31. The van der Waals surface area contributed by atoms with Gasteiger partial charge in [0.25, 0.3) is 0 Å². The molecule has 0 aliphatic heterocycles. The predicted octanol–water partition coefficient (Wildman–Crippen LogP) is 4.87. The van der Waals surface area contributed by atoms with Crippen molar-refractivity contribution in [3.63, 3.8) is 0 Å². The van der Waals surface area contributed by atoms with Crippen molar-refractivity contribution in [3.8, 4) is 0 Å². The Morgan fingerprint density at radius 2 is 1.58 bits per heavy atom. The Kier molecular flexibility index (Phi) is 4.79. The Balaban J connectivity index is 2.17. The Labute approximate surface area is 115 Å². The molecule has 0 N–H and O–H groups in total. The maximum Gasteiger partial charge on any atom is 0.0862 e. The molecule has 0 heterocycles. The van der Waals surface area contributed by atoms with Gasteiger partial charge in [-0.25, -0.2) is 0 Å². The zero-order chi connectivity index (χ0) is 13.5. The van der Waals surface area contributed by atoms with Gasteiger partial charge in [-0.1, -0.05) is 67.6 Å². The van der Waals surface area contributed by atoms with Gasteiger partial charge in [0.15, 0.2) is 0 Å². The number of allylic oxidation sites excluding steroid dienone is 1. The summed E-state index contributed by atoms with van der Waals surface area (Å²) in [5, 5.41) is 0. The Morgan fingerprint density at radius 1 is 1.00 bits per heavy atom. The fraction of sp³-hybridized carbons (Fsp3) is 0.222. The summed E-state index contributed by atoms with van der Waals surface area (Å²) >= 11 is 0. The van der Waals surface area contributed by atoms with E-state index >= 15 is 0 Å². The molecule has 2 aromatic carbocycles. The second kappa shape index (κ2) is 6.79. The lowest BCUT2D eigenvalue weighted by Gasteiger charge is -2.15. The van der Waals surface area contributed by atoms with Gasteiger partial charge in [0.2, 0.25) is 0 Å². The standard InChI is InChI=1S/C18H20O/c1-15(16-9-5-3-6-10-16)13-18(14-19-2)17-11-7-4-8-12-17/h3-12,14-15H,13H2,1-2H3/b18-14+. The number of hydrogen-bond donors (Lipinski definition) is 0. The summed E-state index contributed by atoms with van der Waals surface area (Å²) in [4.78, 5) is 0. The maximum atomic E-state index is 5.23. The van der Waals surface area contributed by atoms with Crippen molar-refractivity contribution in [2.75, 3.05) is 7.11 Å². The number of benzene rings is 2. The molecule has 1 heteroatoms. The summed E-state index contributed by atoms with van der Waals surface area (Å²) in [5.74, 6) is 0.475. The highest BCUT2D eigenvalue weighted by Crippen LogP contribution is 2.28. The molecule has 0 aromatic heterocycles. The van der Waals surface area contributed by atoms with Gasteiger partial charge >= 0.3 is 0 Å². The Morgan fingerprint density at radius 3 is 2.16 bits per heavy atom. The first-order valence-corrected chi connectivity index (χ1v) is 6.63. The Bertz CT molecular complexity index is 514. The molecule has 1 atom stereocenters. The third-order valence-electron chi connectivity index (χ3n) is 3.30.